The van der Waals surface area contributed by atoms with Crippen molar-refractivity contribution in [3.05, 3.63) is 24.5 Å². The van der Waals surface area contributed by atoms with E-state index in [1.807, 2.05) is 26.0 Å². The second-order valence-electron chi connectivity index (χ2n) is 6.56. The van der Waals surface area contributed by atoms with Crippen LogP contribution in [-0.2, 0) is 9.53 Å². The summed E-state index contributed by atoms with van der Waals surface area (Å²) in [5, 5.41) is 12.4. The minimum atomic E-state index is 0.00724. The number of nitrogens with zero attached hydrogens (tertiary/aromatic N) is 4. The van der Waals surface area contributed by atoms with Gasteiger partial charge in [-0.25, -0.2) is 0 Å². The molecule has 2 aromatic heterocycles. The van der Waals surface area contributed by atoms with Gasteiger partial charge in [0.1, 0.15) is 0 Å². The SMILES string of the molecule is CC(C)OCCCNC(=O)CSc1nnc(-c2cccnc2)n1C1CC1. The molecule has 26 heavy (non-hydrogen) atoms. The molecule has 1 N–H and O–H groups in total. The normalized spacial score (nSPS) is 14.0. The van der Waals surface area contributed by atoms with Gasteiger partial charge in [0.25, 0.3) is 0 Å². The number of hydrogen-bond donors (Lipinski definition) is 1. The molecule has 0 bridgehead atoms. The predicted octanol–water partition coefficient (Wildman–Crippen LogP) is 2.70. The summed E-state index contributed by atoms with van der Waals surface area (Å²) in [5.74, 6) is 1.17. The lowest BCUT2D eigenvalue weighted by Gasteiger charge is -2.09. The van der Waals surface area contributed by atoms with Crippen LogP contribution in [0.5, 0.6) is 0 Å². The van der Waals surface area contributed by atoms with Crippen LogP contribution < -0.4 is 5.32 Å². The monoisotopic (exact) mass is 375 g/mol. The van der Waals surface area contributed by atoms with Gasteiger partial charge in [-0.05, 0) is 45.2 Å². The van der Waals surface area contributed by atoms with Crippen LogP contribution in [-0.4, -0.2) is 50.7 Å². The van der Waals surface area contributed by atoms with Crippen molar-refractivity contribution in [3.63, 3.8) is 0 Å². The second-order valence-corrected chi connectivity index (χ2v) is 7.50. The van der Waals surface area contributed by atoms with Crippen LogP contribution in [0.4, 0.5) is 0 Å². The Bertz CT molecular complexity index is 716. The molecule has 1 aliphatic rings. The van der Waals surface area contributed by atoms with Crippen molar-refractivity contribution in [3.8, 4) is 11.4 Å². The van der Waals surface area contributed by atoms with Crippen LogP contribution >= 0.6 is 11.8 Å². The van der Waals surface area contributed by atoms with Crippen LogP contribution in [0.1, 0.15) is 39.2 Å². The van der Waals surface area contributed by atoms with E-state index in [0.29, 0.717) is 24.9 Å². The molecule has 0 radical (unpaired) electrons. The molecule has 0 spiro atoms. The van der Waals surface area contributed by atoms with Crippen molar-refractivity contribution in [1.82, 2.24) is 25.1 Å². The fraction of sp³-hybridized carbons (Fsp3) is 0.556. The maximum absolute atomic E-state index is 12.0. The van der Waals surface area contributed by atoms with E-state index in [4.69, 9.17) is 4.74 Å². The first-order chi connectivity index (χ1) is 12.6. The Morgan fingerprint density at radius 2 is 2.27 bits per heavy atom. The van der Waals surface area contributed by atoms with E-state index in [9.17, 15) is 4.79 Å². The van der Waals surface area contributed by atoms with Crippen LogP contribution in [0.15, 0.2) is 29.7 Å². The van der Waals surface area contributed by atoms with Gasteiger partial charge in [-0.2, -0.15) is 0 Å². The zero-order chi connectivity index (χ0) is 18.4. The van der Waals surface area contributed by atoms with Crippen molar-refractivity contribution < 1.29 is 9.53 Å². The van der Waals surface area contributed by atoms with E-state index in [1.165, 1.54) is 11.8 Å². The molecule has 2 aromatic rings. The standard InChI is InChI=1S/C18H25N5O2S/c1-13(2)25-10-4-9-20-16(24)12-26-18-22-21-17(23(18)15-6-7-15)14-5-3-8-19-11-14/h3,5,8,11,13,15H,4,6-7,9-10,12H2,1-2H3,(H,20,24). The summed E-state index contributed by atoms with van der Waals surface area (Å²) in [6.45, 7) is 5.30. The highest BCUT2D eigenvalue weighted by Gasteiger charge is 2.30. The average Bonchev–Trinajstić information content (AvgIpc) is 3.39. The number of aromatic nitrogens is 4. The Morgan fingerprint density at radius 3 is 2.96 bits per heavy atom. The summed E-state index contributed by atoms with van der Waals surface area (Å²) in [6.07, 6.45) is 6.83. The highest BCUT2D eigenvalue weighted by Crippen LogP contribution is 2.40. The van der Waals surface area contributed by atoms with Crippen LogP contribution in [0.2, 0.25) is 0 Å². The first-order valence-electron chi connectivity index (χ1n) is 9.01. The van der Waals surface area contributed by atoms with Crippen LogP contribution in [0.25, 0.3) is 11.4 Å². The molecule has 0 unspecified atom stereocenters. The van der Waals surface area contributed by atoms with E-state index in [2.05, 4.69) is 25.1 Å². The molecule has 2 heterocycles. The molecule has 0 aliphatic heterocycles. The molecule has 1 amide bonds. The topological polar surface area (TPSA) is 81.9 Å². The number of nitrogens with one attached hydrogen (secondary N) is 1. The highest BCUT2D eigenvalue weighted by atomic mass is 32.2. The Balaban J connectivity index is 1.52. The maximum Gasteiger partial charge on any atom is 0.230 e. The Morgan fingerprint density at radius 1 is 1.42 bits per heavy atom. The zero-order valence-electron chi connectivity index (χ0n) is 15.2. The quantitative estimate of drug-likeness (QED) is 0.508. The molecular formula is C18H25N5O2S. The number of hydrogen-bond acceptors (Lipinski definition) is 6. The molecule has 1 fully saturated rings. The summed E-state index contributed by atoms with van der Waals surface area (Å²) >= 11 is 1.43. The number of carbonyl (C=O) groups is 1. The van der Waals surface area contributed by atoms with E-state index in [-0.39, 0.29) is 12.0 Å². The number of amides is 1. The second kappa shape index (κ2) is 9.14. The molecule has 0 aromatic carbocycles. The smallest absolute Gasteiger partial charge is 0.230 e. The molecule has 1 aliphatic carbocycles. The van der Waals surface area contributed by atoms with Gasteiger partial charge in [0.2, 0.25) is 5.91 Å². The van der Waals surface area contributed by atoms with Gasteiger partial charge in [0, 0.05) is 37.2 Å². The predicted molar refractivity (Wildman–Crippen MR) is 101 cm³/mol. The van der Waals surface area contributed by atoms with E-state index < -0.39 is 0 Å². The number of thioether (sulfide) groups is 1. The third kappa shape index (κ3) is 5.28. The summed E-state index contributed by atoms with van der Waals surface area (Å²) < 4.78 is 7.61. The molecule has 1 saturated carbocycles. The largest absolute Gasteiger partial charge is 0.379 e. The molecule has 140 valence electrons. The van der Waals surface area contributed by atoms with Gasteiger partial charge in [-0.1, -0.05) is 11.8 Å². The van der Waals surface area contributed by atoms with Gasteiger partial charge in [0.05, 0.1) is 11.9 Å². The molecule has 3 rings (SSSR count). The third-order valence-electron chi connectivity index (χ3n) is 3.92. The van der Waals surface area contributed by atoms with Crippen LogP contribution in [0.3, 0.4) is 0 Å². The van der Waals surface area contributed by atoms with Gasteiger partial charge >= 0.3 is 0 Å². The average molecular weight is 375 g/mol. The first-order valence-corrected chi connectivity index (χ1v) is 10.00. The summed E-state index contributed by atoms with van der Waals surface area (Å²) in [6, 6.07) is 4.31. The number of carbonyl (C=O) groups excluding carboxylic acids is 1. The number of rotatable bonds is 10. The molecular weight excluding hydrogens is 350 g/mol. The van der Waals surface area contributed by atoms with Crippen molar-refractivity contribution in [1.29, 1.82) is 0 Å². The molecule has 0 atom stereocenters. The van der Waals surface area contributed by atoms with Crippen molar-refractivity contribution >= 4 is 17.7 Å². The summed E-state index contributed by atoms with van der Waals surface area (Å²) in [5.41, 5.74) is 0.952. The summed E-state index contributed by atoms with van der Waals surface area (Å²) in [4.78, 5) is 16.2. The van der Waals surface area contributed by atoms with Gasteiger partial charge in [-0.3, -0.25) is 14.3 Å². The fourth-order valence-corrected chi connectivity index (χ4v) is 3.36. The van der Waals surface area contributed by atoms with E-state index in [1.54, 1.807) is 12.4 Å². The molecule has 8 heteroatoms. The van der Waals surface area contributed by atoms with Crippen molar-refractivity contribution in [2.45, 2.75) is 50.4 Å². The van der Waals surface area contributed by atoms with Gasteiger partial charge < -0.3 is 10.1 Å². The lowest BCUT2D eigenvalue weighted by atomic mass is 10.3. The molecule has 0 saturated heterocycles. The van der Waals surface area contributed by atoms with Gasteiger partial charge in [-0.15, -0.1) is 10.2 Å². The minimum absolute atomic E-state index is 0.00724. The maximum atomic E-state index is 12.0. The Labute approximate surface area is 157 Å². The Kier molecular flexibility index (Phi) is 6.62. The highest BCUT2D eigenvalue weighted by molar-refractivity contribution is 7.99. The third-order valence-corrected chi connectivity index (χ3v) is 4.87. The number of pyridine rings is 1. The fourth-order valence-electron chi connectivity index (χ4n) is 2.53. The lowest BCUT2D eigenvalue weighted by molar-refractivity contribution is -0.118. The number of ether oxygens (including phenoxy) is 1. The van der Waals surface area contributed by atoms with Crippen molar-refractivity contribution in [2.24, 2.45) is 0 Å². The van der Waals surface area contributed by atoms with E-state index in [0.717, 1.165) is 35.8 Å². The molecule has 7 nitrogen and oxygen atoms in total. The first kappa shape index (κ1) is 18.8. The zero-order valence-corrected chi connectivity index (χ0v) is 16.0. The van der Waals surface area contributed by atoms with Gasteiger partial charge in [0.15, 0.2) is 11.0 Å². The lowest BCUT2D eigenvalue weighted by Crippen LogP contribution is -2.27. The van der Waals surface area contributed by atoms with E-state index >= 15 is 0 Å². The minimum Gasteiger partial charge on any atom is -0.379 e. The summed E-state index contributed by atoms with van der Waals surface area (Å²) in [7, 11) is 0. The van der Waals surface area contributed by atoms with Crippen molar-refractivity contribution in [2.75, 3.05) is 18.9 Å². The van der Waals surface area contributed by atoms with Crippen LogP contribution in [0, 0.1) is 0 Å². The Hall–Kier alpha value is -1.93.